The van der Waals surface area contributed by atoms with Crippen LogP contribution in [0.3, 0.4) is 0 Å². The van der Waals surface area contributed by atoms with Crippen molar-refractivity contribution in [3.63, 3.8) is 0 Å². The van der Waals surface area contributed by atoms with Crippen molar-refractivity contribution in [1.82, 2.24) is 4.90 Å². The molecular weight excluding hydrogens is 342 g/mol. The van der Waals surface area contributed by atoms with Crippen molar-refractivity contribution in [2.75, 3.05) is 13.3 Å². The number of carbonyl (C=O) groups excluding carboxylic acids is 1. The number of ether oxygens (including phenoxy) is 1. The molecule has 5 nitrogen and oxygen atoms in total. The predicted octanol–water partition coefficient (Wildman–Crippen LogP) is 5.42. The summed E-state index contributed by atoms with van der Waals surface area (Å²) in [5.74, 6) is -1.13. The molecule has 0 aliphatic carbocycles. The smallest absolute Gasteiger partial charge is 0.333 e. The fraction of sp³-hybridized carbons (Fsp3) is 0.727. The maximum atomic E-state index is 11.8. The van der Waals surface area contributed by atoms with Crippen molar-refractivity contribution in [2.45, 2.75) is 90.9 Å². The lowest BCUT2D eigenvalue weighted by atomic mass is 10.1. The normalized spacial score (nSPS) is 13.9. The summed E-state index contributed by atoms with van der Waals surface area (Å²) in [5, 5.41) is 9.15. The zero-order valence-electron chi connectivity index (χ0n) is 17.2. The number of carbonyl (C=O) groups is 2. The Morgan fingerprint density at radius 2 is 1.56 bits per heavy atom. The summed E-state index contributed by atoms with van der Waals surface area (Å²) in [6.45, 7) is 4.39. The van der Waals surface area contributed by atoms with Crippen molar-refractivity contribution >= 4 is 11.9 Å². The second-order valence-electron chi connectivity index (χ2n) is 7.46. The van der Waals surface area contributed by atoms with Crippen molar-refractivity contribution in [1.29, 1.82) is 0 Å². The van der Waals surface area contributed by atoms with Gasteiger partial charge < -0.3 is 14.7 Å². The SMILES string of the molecule is CCCCCCCCCCCCCC(=O)OCN1C=CC(C)=C(C(=O)O)C1. The third-order valence-corrected chi connectivity index (χ3v) is 5.01. The average molecular weight is 380 g/mol. The van der Waals surface area contributed by atoms with Crippen molar-refractivity contribution in [3.8, 4) is 0 Å². The zero-order valence-corrected chi connectivity index (χ0v) is 17.2. The van der Waals surface area contributed by atoms with Gasteiger partial charge in [-0.05, 0) is 25.0 Å². The van der Waals surface area contributed by atoms with Gasteiger partial charge in [-0.1, -0.05) is 71.1 Å². The van der Waals surface area contributed by atoms with Gasteiger partial charge >= 0.3 is 11.9 Å². The second kappa shape index (κ2) is 14.3. The van der Waals surface area contributed by atoms with Crippen LogP contribution < -0.4 is 0 Å². The van der Waals surface area contributed by atoms with Crippen LogP contribution in [0.4, 0.5) is 0 Å². The lowest BCUT2D eigenvalue weighted by molar-refractivity contribution is -0.147. The maximum absolute atomic E-state index is 11.8. The van der Waals surface area contributed by atoms with E-state index in [0.29, 0.717) is 12.0 Å². The first kappa shape index (κ1) is 23.3. The minimum Gasteiger partial charge on any atom is -0.478 e. The number of carboxylic acid groups (broad SMARTS) is 1. The number of aliphatic carboxylic acids is 1. The first-order valence-electron chi connectivity index (χ1n) is 10.6. The molecule has 0 unspecified atom stereocenters. The van der Waals surface area contributed by atoms with Crippen LogP contribution in [0.15, 0.2) is 23.4 Å². The topological polar surface area (TPSA) is 66.8 Å². The van der Waals surface area contributed by atoms with E-state index in [9.17, 15) is 9.59 Å². The molecule has 0 spiro atoms. The number of unbranched alkanes of at least 4 members (excludes halogenated alkanes) is 10. The average Bonchev–Trinajstić information content (AvgIpc) is 2.65. The van der Waals surface area contributed by atoms with Gasteiger partial charge in [-0.2, -0.15) is 0 Å². The molecule has 1 aliphatic rings. The number of rotatable bonds is 15. The number of carboxylic acids is 1. The van der Waals surface area contributed by atoms with Gasteiger partial charge in [-0.15, -0.1) is 0 Å². The highest BCUT2D eigenvalue weighted by Crippen LogP contribution is 2.15. The van der Waals surface area contributed by atoms with Gasteiger partial charge in [-0.25, -0.2) is 4.79 Å². The van der Waals surface area contributed by atoms with Crippen LogP contribution in [0, 0.1) is 0 Å². The summed E-state index contributed by atoms with van der Waals surface area (Å²) in [4.78, 5) is 24.7. The first-order chi connectivity index (χ1) is 13.0. The summed E-state index contributed by atoms with van der Waals surface area (Å²) in [7, 11) is 0. The van der Waals surface area contributed by atoms with Gasteiger partial charge in [0, 0.05) is 12.6 Å². The van der Waals surface area contributed by atoms with Crippen LogP contribution in [0.5, 0.6) is 0 Å². The highest BCUT2D eigenvalue weighted by molar-refractivity contribution is 5.88. The number of nitrogens with zero attached hydrogens (tertiary/aromatic N) is 1. The molecule has 0 radical (unpaired) electrons. The molecule has 1 aliphatic heterocycles. The van der Waals surface area contributed by atoms with Crippen molar-refractivity contribution < 1.29 is 19.4 Å². The molecule has 0 atom stereocenters. The summed E-state index contributed by atoms with van der Waals surface area (Å²) in [6.07, 6.45) is 17.7. The van der Waals surface area contributed by atoms with E-state index in [2.05, 4.69) is 6.92 Å². The van der Waals surface area contributed by atoms with E-state index in [0.717, 1.165) is 18.4 Å². The number of hydrogen-bond acceptors (Lipinski definition) is 4. The highest BCUT2D eigenvalue weighted by atomic mass is 16.5. The molecule has 0 amide bonds. The van der Waals surface area contributed by atoms with Gasteiger partial charge in [0.15, 0.2) is 6.73 Å². The first-order valence-corrected chi connectivity index (χ1v) is 10.6. The zero-order chi connectivity index (χ0) is 19.9. The fourth-order valence-electron chi connectivity index (χ4n) is 3.18. The minimum atomic E-state index is -0.922. The van der Waals surface area contributed by atoms with E-state index >= 15 is 0 Å². The molecule has 0 bridgehead atoms. The lowest BCUT2D eigenvalue weighted by Gasteiger charge is -2.24. The van der Waals surface area contributed by atoms with E-state index in [1.165, 1.54) is 57.8 Å². The van der Waals surface area contributed by atoms with Gasteiger partial charge in [0.2, 0.25) is 0 Å². The molecule has 0 aromatic rings. The second-order valence-corrected chi connectivity index (χ2v) is 7.46. The van der Waals surface area contributed by atoms with Gasteiger partial charge in [0.25, 0.3) is 0 Å². The van der Waals surface area contributed by atoms with Gasteiger partial charge in [0.05, 0.1) is 12.1 Å². The standard InChI is InChI=1S/C22H37NO4/c1-3-4-5-6-7-8-9-10-11-12-13-14-21(24)27-18-23-16-15-19(2)20(17-23)22(25)26/h15-16H,3-14,17-18H2,1-2H3,(H,25,26). The Labute approximate surface area is 164 Å². The van der Waals surface area contributed by atoms with E-state index in [4.69, 9.17) is 9.84 Å². The van der Waals surface area contributed by atoms with Gasteiger partial charge in [0.1, 0.15) is 0 Å². The van der Waals surface area contributed by atoms with Crippen molar-refractivity contribution in [2.24, 2.45) is 0 Å². The van der Waals surface area contributed by atoms with Crippen molar-refractivity contribution in [3.05, 3.63) is 23.4 Å². The molecule has 0 saturated carbocycles. The van der Waals surface area contributed by atoms with Gasteiger partial charge in [-0.3, -0.25) is 4.79 Å². The Morgan fingerprint density at radius 3 is 2.11 bits per heavy atom. The van der Waals surface area contributed by atoms with E-state index in [1.807, 2.05) is 0 Å². The fourth-order valence-corrected chi connectivity index (χ4v) is 3.18. The Hall–Kier alpha value is -1.78. The molecular formula is C22H37NO4. The molecule has 1 N–H and O–H groups in total. The Morgan fingerprint density at radius 1 is 1.00 bits per heavy atom. The van der Waals surface area contributed by atoms with Crippen LogP contribution in [0.25, 0.3) is 0 Å². The molecule has 0 saturated heterocycles. The van der Waals surface area contributed by atoms with Crippen LogP contribution in [-0.4, -0.2) is 35.2 Å². The summed E-state index contributed by atoms with van der Waals surface area (Å²) < 4.78 is 5.26. The Balaban J connectivity index is 1.98. The Kier molecular flexibility index (Phi) is 12.3. The summed E-state index contributed by atoms with van der Waals surface area (Å²) in [6, 6.07) is 0. The highest BCUT2D eigenvalue weighted by Gasteiger charge is 2.17. The summed E-state index contributed by atoms with van der Waals surface area (Å²) in [5.41, 5.74) is 1.09. The van der Waals surface area contributed by atoms with E-state index < -0.39 is 5.97 Å². The van der Waals surface area contributed by atoms with E-state index in [-0.39, 0.29) is 19.2 Å². The monoisotopic (exact) mass is 379 g/mol. The summed E-state index contributed by atoms with van der Waals surface area (Å²) >= 11 is 0. The van der Waals surface area contributed by atoms with Crippen LogP contribution in [-0.2, 0) is 14.3 Å². The largest absolute Gasteiger partial charge is 0.478 e. The maximum Gasteiger partial charge on any atom is 0.333 e. The number of allylic oxidation sites excluding steroid dienone is 2. The third-order valence-electron chi connectivity index (χ3n) is 5.01. The molecule has 27 heavy (non-hydrogen) atoms. The van der Waals surface area contributed by atoms with Crippen LogP contribution >= 0.6 is 0 Å². The third kappa shape index (κ3) is 10.8. The van der Waals surface area contributed by atoms with Crippen LogP contribution in [0.1, 0.15) is 90.9 Å². The molecule has 0 aromatic heterocycles. The molecule has 1 rings (SSSR count). The number of hydrogen-bond donors (Lipinski definition) is 1. The minimum absolute atomic E-state index is 0.109. The molecule has 0 aromatic carbocycles. The van der Waals surface area contributed by atoms with Crippen LogP contribution in [0.2, 0.25) is 0 Å². The molecule has 1 heterocycles. The lowest BCUT2D eigenvalue weighted by Crippen LogP contribution is -2.29. The number of esters is 1. The predicted molar refractivity (Wildman–Crippen MR) is 108 cm³/mol. The molecule has 154 valence electrons. The quantitative estimate of drug-likeness (QED) is 0.304. The molecule has 0 fully saturated rings. The van der Waals surface area contributed by atoms with E-state index in [1.54, 1.807) is 24.1 Å². The Bertz CT molecular complexity index is 510. The molecule has 5 heteroatoms.